The van der Waals surface area contributed by atoms with Crippen molar-refractivity contribution in [2.45, 2.75) is 52.5 Å². The zero-order valence-corrected chi connectivity index (χ0v) is 23.5. The molecular formula is C32H39N3O4. The van der Waals surface area contributed by atoms with Crippen molar-refractivity contribution in [2.75, 3.05) is 27.4 Å². The number of rotatable bonds is 14. The SMILES string of the molecule is COc1ccc(CC(=O)NCCCc2nc3ccccc3n2CCCCOc2ccc(C)cc2C)cc1OC. The Hall–Kier alpha value is -4.00. The smallest absolute Gasteiger partial charge is 0.224 e. The summed E-state index contributed by atoms with van der Waals surface area (Å²) in [7, 11) is 3.19. The summed E-state index contributed by atoms with van der Waals surface area (Å²) in [6.45, 7) is 6.36. The van der Waals surface area contributed by atoms with E-state index in [0.717, 1.165) is 60.4 Å². The fraction of sp³-hybridized carbons (Fsp3) is 0.375. The minimum atomic E-state index is -0.0143. The van der Waals surface area contributed by atoms with Gasteiger partial charge >= 0.3 is 0 Å². The number of methoxy groups -OCH3 is 2. The molecule has 39 heavy (non-hydrogen) atoms. The van der Waals surface area contributed by atoms with Crippen LogP contribution in [-0.4, -0.2) is 42.8 Å². The van der Waals surface area contributed by atoms with Gasteiger partial charge in [0.15, 0.2) is 11.5 Å². The lowest BCUT2D eigenvalue weighted by Crippen LogP contribution is -2.26. The highest BCUT2D eigenvalue weighted by molar-refractivity contribution is 5.79. The molecule has 1 aromatic heterocycles. The Bertz CT molecular complexity index is 1400. The number of ether oxygens (including phenoxy) is 3. The van der Waals surface area contributed by atoms with E-state index in [1.54, 1.807) is 14.2 Å². The van der Waals surface area contributed by atoms with E-state index in [1.165, 1.54) is 11.1 Å². The zero-order chi connectivity index (χ0) is 27.6. The highest BCUT2D eigenvalue weighted by atomic mass is 16.5. The largest absolute Gasteiger partial charge is 0.493 e. The van der Waals surface area contributed by atoms with Gasteiger partial charge < -0.3 is 24.1 Å². The number of amides is 1. The van der Waals surface area contributed by atoms with E-state index in [4.69, 9.17) is 19.2 Å². The lowest BCUT2D eigenvalue weighted by molar-refractivity contribution is -0.120. The molecule has 4 rings (SSSR count). The van der Waals surface area contributed by atoms with E-state index in [2.05, 4.69) is 60.1 Å². The molecule has 7 heteroatoms. The van der Waals surface area contributed by atoms with Crippen molar-refractivity contribution in [2.24, 2.45) is 0 Å². The molecule has 1 heterocycles. The third-order valence-corrected chi connectivity index (χ3v) is 6.81. The summed E-state index contributed by atoms with van der Waals surface area (Å²) >= 11 is 0. The molecule has 0 fully saturated rings. The number of para-hydroxylation sites is 2. The van der Waals surface area contributed by atoms with E-state index < -0.39 is 0 Å². The number of hydrogen-bond donors (Lipinski definition) is 1. The molecule has 0 saturated carbocycles. The van der Waals surface area contributed by atoms with Gasteiger partial charge in [0.05, 0.1) is 38.3 Å². The van der Waals surface area contributed by atoms with Crippen LogP contribution >= 0.6 is 0 Å². The second kappa shape index (κ2) is 13.7. The van der Waals surface area contributed by atoms with Crippen LogP contribution < -0.4 is 19.5 Å². The van der Waals surface area contributed by atoms with Gasteiger partial charge in [-0.15, -0.1) is 0 Å². The summed E-state index contributed by atoms with van der Waals surface area (Å²) < 4.78 is 18.9. The molecule has 0 radical (unpaired) electrons. The van der Waals surface area contributed by atoms with E-state index in [0.29, 0.717) is 31.1 Å². The minimum Gasteiger partial charge on any atom is -0.493 e. The molecule has 1 N–H and O–H groups in total. The first-order valence-electron chi connectivity index (χ1n) is 13.6. The number of carbonyl (C=O) groups excluding carboxylic acids is 1. The summed E-state index contributed by atoms with van der Waals surface area (Å²) in [6.07, 6.45) is 3.87. The monoisotopic (exact) mass is 529 g/mol. The van der Waals surface area contributed by atoms with E-state index in [-0.39, 0.29) is 5.91 Å². The molecule has 206 valence electrons. The first kappa shape index (κ1) is 28.0. The Labute approximate surface area is 231 Å². The molecule has 1 amide bonds. The van der Waals surface area contributed by atoms with Crippen LogP contribution in [0.3, 0.4) is 0 Å². The fourth-order valence-electron chi connectivity index (χ4n) is 4.79. The van der Waals surface area contributed by atoms with Crippen molar-refractivity contribution in [3.05, 3.63) is 83.2 Å². The van der Waals surface area contributed by atoms with Crippen molar-refractivity contribution in [3.63, 3.8) is 0 Å². The topological polar surface area (TPSA) is 74.6 Å². The maximum Gasteiger partial charge on any atom is 0.224 e. The third kappa shape index (κ3) is 7.53. The van der Waals surface area contributed by atoms with E-state index in [1.807, 2.05) is 24.3 Å². The molecule has 4 aromatic rings. The molecule has 0 bridgehead atoms. The molecule has 0 aliphatic heterocycles. The van der Waals surface area contributed by atoms with Crippen molar-refractivity contribution in [1.29, 1.82) is 0 Å². The maximum absolute atomic E-state index is 12.5. The number of nitrogens with one attached hydrogen (secondary N) is 1. The molecule has 0 spiro atoms. The Morgan fingerprint density at radius 3 is 2.49 bits per heavy atom. The van der Waals surface area contributed by atoms with Crippen LogP contribution in [0.4, 0.5) is 0 Å². The molecule has 0 unspecified atom stereocenters. The first-order valence-corrected chi connectivity index (χ1v) is 13.6. The van der Waals surface area contributed by atoms with Crippen molar-refractivity contribution in [3.8, 4) is 17.2 Å². The summed E-state index contributed by atoms with van der Waals surface area (Å²) in [6, 6.07) is 20.1. The van der Waals surface area contributed by atoms with Gasteiger partial charge in [-0.2, -0.15) is 0 Å². The average molecular weight is 530 g/mol. The number of fused-ring (bicyclic) bond motifs is 1. The Kier molecular flexibility index (Phi) is 9.84. The van der Waals surface area contributed by atoms with Gasteiger partial charge in [0, 0.05) is 19.5 Å². The van der Waals surface area contributed by atoms with Gasteiger partial charge in [0.25, 0.3) is 0 Å². The van der Waals surface area contributed by atoms with Crippen molar-refractivity contribution in [1.82, 2.24) is 14.9 Å². The summed E-state index contributed by atoms with van der Waals surface area (Å²) in [5.74, 6) is 3.28. The predicted octanol–water partition coefficient (Wildman–Crippen LogP) is 5.82. The van der Waals surface area contributed by atoms with Crippen LogP contribution in [0.15, 0.2) is 60.7 Å². The van der Waals surface area contributed by atoms with Gasteiger partial charge in [-0.05, 0) is 74.6 Å². The number of aromatic nitrogens is 2. The van der Waals surface area contributed by atoms with E-state index >= 15 is 0 Å². The minimum absolute atomic E-state index is 0.0143. The molecule has 0 saturated heterocycles. The zero-order valence-electron chi connectivity index (χ0n) is 23.5. The number of imidazole rings is 1. The molecule has 0 aliphatic carbocycles. The number of unbranched alkanes of at least 4 members (excludes halogenated alkanes) is 1. The van der Waals surface area contributed by atoms with Gasteiger partial charge in [-0.25, -0.2) is 4.98 Å². The van der Waals surface area contributed by atoms with Gasteiger partial charge in [0.2, 0.25) is 5.91 Å². The summed E-state index contributed by atoms with van der Waals surface area (Å²) in [5.41, 5.74) is 5.47. The second-order valence-corrected chi connectivity index (χ2v) is 9.81. The van der Waals surface area contributed by atoms with Crippen LogP contribution in [0.25, 0.3) is 11.0 Å². The Balaban J connectivity index is 1.26. The average Bonchev–Trinajstić information content (AvgIpc) is 3.29. The first-order chi connectivity index (χ1) is 19.0. The highest BCUT2D eigenvalue weighted by Crippen LogP contribution is 2.27. The number of benzene rings is 3. The molecule has 3 aromatic carbocycles. The second-order valence-electron chi connectivity index (χ2n) is 9.81. The fourth-order valence-corrected chi connectivity index (χ4v) is 4.79. The number of hydrogen-bond acceptors (Lipinski definition) is 5. The van der Waals surface area contributed by atoms with E-state index in [9.17, 15) is 4.79 Å². The van der Waals surface area contributed by atoms with Crippen LogP contribution in [0.5, 0.6) is 17.2 Å². The molecule has 0 atom stereocenters. The predicted molar refractivity (Wildman–Crippen MR) is 155 cm³/mol. The summed E-state index contributed by atoms with van der Waals surface area (Å²) in [4.78, 5) is 17.4. The van der Waals surface area contributed by atoms with Gasteiger partial charge in [-0.1, -0.05) is 35.9 Å². The lowest BCUT2D eigenvalue weighted by Gasteiger charge is -2.12. The summed E-state index contributed by atoms with van der Waals surface area (Å²) in [5, 5.41) is 3.04. The van der Waals surface area contributed by atoms with Crippen molar-refractivity contribution >= 4 is 16.9 Å². The number of aryl methyl sites for hydroxylation is 4. The molecular weight excluding hydrogens is 490 g/mol. The molecule has 0 aliphatic rings. The Morgan fingerprint density at radius 1 is 0.897 bits per heavy atom. The third-order valence-electron chi connectivity index (χ3n) is 6.81. The van der Waals surface area contributed by atoms with Gasteiger partial charge in [0.1, 0.15) is 11.6 Å². The quantitative estimate of drug-likeness (QED) is 0.208. The number of carbonyl (C=O) groups is 1. The normalized spacial score (nSPS) is 11.0. The highest BCUT2D eigenvalue weighted by Gasteiger charge is 2.12. The standard InChI is InChI=1S/C32H39N3O4/c1-23-13-15-28(24(2)20-23)39-19-8-7-18-35-27-11-6-5-10-26(27)34-31(35)12-9-17-33-32(36)22-25-14-16-29(37-3)30(21-25)38-4/h5-6,10-11,13-16,20-21H,7-9,12,17-19,22H2,1-4H3,(H,33,36). The molecule has 7 nitrogen and oxygen atoms in total. The lowest BCUT2D eigenvalue weighted by atomic mass is 10.1. The van der Waals surface area contributed by atoms with Crippen LogP contribution in [0.1, 0.15) is 41.8 Å². The van der Waals surface area contributed by atoms with Crippen LogP contribution in [0.2, 0.25) is 0 Å². The van der Waals surface area contributed by atoms with Gasteiger partial charge in [-0.3, -0.25) is 4.79 Å². The van der Waals surface area contributed by atoms with Crippen molar-refractivity contribution < 1.29 is 19.0 Å². The maximum atomic E-state index is 12.5. The van der Waals surface area contributed by atoms with Crippen LogP contribution in [-0.2, 0) is 24.2 Å². The number of nitrogens with zero attached hydrogens (tertiary/aromatic N) is 2. The van der Waals surface area contributed by atoms with Crippen LogP contribution in [0, 0.1) is 13.8 Å². The Morgan fingerprint density at radius 2 is 1.69 bits per heavy atom.